The number of ether oxygens (including phenoxy) is 2. The number of fused-ring (bicyclic) bond motifs is 2. The van der Waals surface area contributed by atoms with Gasteiger partial charge in [0.1, 0.15) is 0 Å². The maximum absolute atomic E-state index is 13.1. The molecular weight excluding hydrogens is 491 g/mol. The monoisotopic (exact) mass is 533 g/mol. The van der Waals surface area contributed by atoms with Crippen LogP contribution < -0.4 is 14.8 Å². The Hall–Kier alpha value is -2.74. The second-order valence-electron chi connectivity index (χ2n) is 9.97. The minimum atomic E-state index is -4.37. The van der Waals surface area contributed by atoms with Crippen LogP contribution in [0.2, 0.25) is 0 Å². The summed E-state index contributed by atoms with van der Waals surface area (Å²) in [5.74, 6) is 2.13. The Morgan fingerprint density at radius 3 is 2.68 bits per heavy atom. The SMILES string of the molecule is C=C(CCCC(CC)NCC(C)Cc1ccc2c(c1)OCO2)N1CCc2ncc(C(F)(F)F)cc2C1.CC. The number of hydrogen-bond acceptors (Lipinski definition) is 5. The van der Waals surface area contributed by atoms with E-state index in [1.165, 1.54) is 11.6 Å². The Labute approximate surface area is 225 Å². The number of halogens is 3. The maximum atomic E-state index is 13.1. The summed E-state index contributed by atoms with van der Waals surface area (Å²) in [5, 5.41) is 3.71. The van der Waals surface area contributed by atoms with Gasteiger partial charge < -0.3 is 19.7 Å². The molecule has 1 aromatic carbocycles. The predicted octanol–water partition coefficient (Wildman–Crippen LogP) is 7.14. The highest BCUT2D eigenvalue weighted by Crippen LogP contribution is 2.33. The molecule has 2 aliphatic rings. The van der Waals surface area contributed by atoms with Crippen LogP contribution in [0.5, 0.6) is 11.5 Å². The Morgan fingerprint density at radius 1 is 1.18 bits per heavy atom. The third-order valence-electron chi connectivity index (χ3n) is 7.10. The quantitative estimate of drug-likeness (QED) is 0.333. The number of benzene rings is 1. The third-order valence-corrected chi connectivity index (χ3v) is 7.10. The molecule has 210 valence electrons. The Balaban J connectivity index is 0.00000195. The van der Waals surface area contributed by atoms with Gasteiger partial charge in [0.15, 0.2) is 11.5 Å². The first-order valence-corrected chi connectivity index (χ1v) is 13.8. The molecule has 8 heteroatoms. The molecule has 0 radical (unpaired) electrons. The molecule has 1 aromatic heterocycles. The van der Waals surface area contributed by atoms with Gasteiger partial charge in [-0.15, -0.1) is 0 Å². The van der Waals surface area contributed by atoms with Crippen molar-refractivity contribution in [2.45, 2.75) is 85.0 Å². The van der Waals surface area contributed by atoms with Gasteiger partial charge >= 0.3 is 6.18 Å². The van der Waals surface area contributed by atoms with Crippen LogP contribution in [-0.2, 0) is 25.6 Å². The molecule has 0 amide bonds. The van der Waals surface area contributed by atoms with Crippen molar-refractivity contribution in [2.24, 2.45) is 5.92 Å². The molecule has 0 fully saturated rings. The van der Waals surface area contributed by atoms with Gasteiger partial charge in [0.05, 0.1) is 5.56 Å². The van der Waals surface area contributed by atoms with Crippen molar-refractivity contribution in [1.82, 2.24) is 15.2 Å². The fourth-order valence-electron chi connectivity index (χ4n) is 4.92. The van der Waals surface area contributed by atoms with Gasteiger partial charge in [0.25, 0.3) is 0 Å². The van der Waals surface area contributed by atoms with E-state index in [4.69, 9.17) is 9.47 Å². The number of nitrogens with zero attached hydrogens (tertiary/aromatic N) is 2. The van der Waals surface area contributed by atoms with Crippen molar-refractivity contribution >= 4 is 0 Å². The van der Waals surface area contributed by atoms with Gasteiger partial charge in [-0.25, -0.2) is 0 Å². The molecule has 3 heterocycles. The fourth-order valence-corrected chi connectivity index (χ4v) is 4.92. The van der Waals surface area contributed by atoms with Crippen molar-refractivity contribution < 1.29 is 22.6 Å². The van der Waals surface area contributed by atoms with E-state index in [1.54, 1.807) is 0 Å². The van der Waals surface area contributed by atoms with Gasteiger partial charge in [-0.2, -0.15) is 13.2 Å². The molecule has 2 aliphatic heterocycles. The van der Waals surface area contributed by atoms with E-state index < -0.39 is 11.7 Å². The molecule has 0 spiro atoms. The van der Waals surface area contributed by atoms with Crippen molar-refractivity contribution in [3.63, 3.8) is 0 Å². The van der Waals surface area contributed by atoms with Crippen molar-refractivity contribution in [2.75, 3.05) is 19.9 Å². The molecular formula is C30H42F3N3O2. The zero-order valence-corrected chi connectivity index (χ0v) is 23.2. The van der Waals surface area contributed by atoms with Crippen LogP contribution in [0, 0.1) is 5.92 Å². The van der Waals surface area contributed by atoms with E-state index in [1.807, 2.05) is 19.9 Å². The van der Waals surface area contributed by atoms with Gasteiger partial charge in [-0.1, -0.05) is 40.3 Å². The van der Waals surface area contributed by atoms with Crippen LogP contribution in [0.3, 0.4) is 0 Å². The number of rotatable bonds is 11. The van der Waals surface area contributed by atoms with Gasteiger partial charge in [0.2, 0.25) is 6.79 Å². The fraction of sp³-hybridized carbons (Fsp3) is 0.567. The highest BCUT2D eigenvalue weighted by molar-refractivity contribution is 5.44. The number of alkyl halides is 3. The summed E-state index contributed by atoms with van der Waals surface area (Å²) in [7, 11) is 0. The first-order chi connectivity index (χ1) is 18.2. The molecule has 0 bridgehead atoms. The topological polar surface area (TPSA) is 46.6 Å². The molecule has 2 aromatic rings. The summed E-state index contributed by atoms with van der Waals surface area (Å²) >= 11 is 0. The Morgan fingerprint density at radius 2 is 1.95 bits per heavy atom. The van der Waals surface area contributed by atoms with Crippen molar-refractivity contribution in [3.8, 4) is 11.5 Å². The average Bonchev–Trinajstić information content (AvgIpc) is 3.38. The van der Waals surface area contributed by atoms with E-state index >= 15 is 0 Å². The summed E-state index contributed by atoms with van der Waals surface area (Å²) < 4.78 is 50.1. The molecule has 1 N–H and O–H groups in total. The average molecular weight is 534 g/mol. The van der Waals surface area contributed by atoms with Gasteiger partial charge in [-0.3, -0.25) is 4.98 Å². The van der Waals surface area contributed by atoms with E-state index in [2.05, 4.69) is 47.8 Å². The lowest BCUT2D eigenvalue weighted by atomic mass is 9.99. The molecule has 0 saturated carbocycles. The van der Waals surface area contributed by atoms with Crippen LogP contribution >= 0.6 is 0 Å². The highest BCUT2D eigenvalue weighted by Gasteiger charge is 2.32. The maximum Gasteiger partial charge on any atom is 0.417 e. The number of aromatic nitrogens is 1. The third kappa shape index (κ3) is 8.13. The second-order valence-corrected chi connectivity index (χ2v) is 9.97. The van der Waals surface area contributed by atoms with Crippen LogP contribution in [0.1, 0.15) is 75.8 Å². The molecule has 4 rings (SSSR count). The first kappa shape index (κ1) is 29.8. The minimum Gasteiger partial charge on any atom is -0.454 e. The molecule has 38 heavy (non-hydrogen) atoms. The van der Waals surface area contributed by atoms with Crippen molar-refractivity contribution in [1.29, 1.82) is 0 Å². The van der Waals surface area contributed by atoms with E-state index in [9.17, 15) is 13.2 Å². The number of hydrogen-bond donors (Lipinski definition) is 1. The normalized spacial score (nSPS) is 15.8. The van der Waals surface area contributed by atoms with Crippen LogP contribution in [-0.4, -0.2) is 35.8 Å². The van der Waals surface area contributed by atoms with Crippen LogP contribution in [0.15, 0.2) is 42.7 Å². The largest absolute Gasteiger partial charge is 0.454 e. The Kier molecular flexibility index (Phi) is 10.9. The van der Waals surface area contributed by atoms with E-state index in [0.29, 0.717) is 37.3 Å². The molecule has 0 aliphatic carbocycles. The number of nitrogens with one attached hydrogen (secondary N) is 1. The first-order valence-electron chi connectivity index (χ1n) is 13.8. The van der Waals surface area contributed by atoms with E-state index in [-0.39, 0.29) is 0 Å². The Bertz CT molecular complexity index is 1060. The molecule has 2 atom stereocenters. The van der Waals surface area contributed by atoms with Crippen LogP contribution in [0.4, 0.5) is 13.2 Å². The van der Waals surface area contributed by atoms with Crippen molar-refractivity contribution in [3.05, 3.63) is 65.1 Å². The zero-order chi connectivity index (χ0) is 27.7. The highest BCUT2D eigenvalue weighted by atomic mass is 19.4. The summed E-state index contributed by atoms with van der Waals surface area (Å²) in [4.78, 5) is 6.16. The lowest BCUT2D eigenvalue weighted by Gasteiger charge is -2.32. The minimum absolute atomic E-state index is 0.293. The molecule has 0 saturated heterocycles. The smallest absolute Gasteiger partial charge is 0.417 e. The molecule has 2 unspecified atom stereocenters. The summed E-state index contributed by atoms with van der Waals surface area (Å²) in [6.07, 6.45) is 2.11. The van der Waals surface area contributed by atoms with Crippen LogP contribution in [0.25, 0.3) is 0 Å². The standard InChI is InChI=1S/C28H36F3N3O2.C2H6/c1-4-24(32-15-19(2)12-21-8-9-26-27(13-21)36-18-35-26)7-5-6-20(3)34-11-10-25-22(17-34)14-23(16-33-25)28(29,30)31;1-2/h8-9,13-14,16,19,24,32H,3-7,10-12,15,17-18H2,1-2H3;1-2H3. The van der Waals surface area contributed by atoms with E-state index in [0.717, 1.165) is 74.3 Å². The second kappa shape index (κ2) is 13.9. The summed E-state index contributed by atoms with van der Waals surface area (Å²) in [5.41, 5.74) is 2.97. The lowest BCUT2D eigenvalue weighted by Crippen LogP contribution is -2.33. The predicted molar refractivity (Wildman–Crippen MR) is 145 cm³/mol. The zero-order valence-electron chi connectivity index (χ0n) is 23.2. The number of pyridine rings is 1. The molecule has 5 nitrogen and oxygen atoms in total. The number of allylic oxidation sites excluding steroid dienone is 1. The summed E-state index contributed by atoms with van der Waals surface area (Å²) in [6.45, 7) is 15.1. The van der Waals surface area contributed by atoms with Gasteiger partial charge in [-0.05, 0) is 73.9 Å². The summed E-state index contributed by atoms with van der Waals surface area (Å²) in [6, 6.07) is 7.82. The lowest BCUT2D eigenvalue weighted by molar-refractivity contribution is -0.137. The van der Waals surface area contributed by atoms with Gasteiger partial charge in [0, 0.05) is 43.1 Å².